The molecular weight excluding hydrogens is 272 g/mol. The van der Waals surface area contributed by atoms with E-state index >= 15 is 0 Å². The topological polar surface area (TPSA) is 99.2 Å². The summed E-state index contributed by atoms with van der Waals surface area (Å²) in [5.74, 6) is -0.365. The molecule has 1 heterocycles. The van der Waals surface area contributed by atoms with Crippen LogP contribution in [0.1, 0.15) is 22.3 Å². The molecule has 1 aliphatic heterocycles. The average molecular weight is 290 g/mol. The first kappa shape index (κ1) is 14.8. The molecule has 0 spiro atoms. The van der Waals surface area contributed by atoms with Gasteiger partial charge in [-0.25, -0.2) is 0 Å². The third-order valence-corrected chi connectivity index (χ3v) is 3.47. The van der Waals surface area contributed by atoms with E-state index in [0.717, 1.165) is 6.42 Å². The van der Waals surface area contributed by atoms with Crippen molar-refractivity contribution in [3.8, 4) is 0 Å². The van der Waals surface area contributed by atoms with Gasteiger partial charge in [0.15, 0.2) is 5.84 Å². The molecule has 7 nitrogen and oxygen atoms in total. The van der Waals surface area contributed by atoms with Crippen molar-refractivity contribution in [3.05, 3.63) is 35.4 Å². The van der Waals surface area contributed by atoms with Gasteiger partial charge in [0.2, 0.25) is 5.91 Å². The minimum atomic E-state index is -0.230. The predicted octanol–water partition coefficient (Wildman–Crippen LogP) is 0.0854. The van der Waals surface area contributed by atoms with Crippen LogP contribution in [0.15, 0.2) is 29.4 Å². The Morgan fingerprint density at radius 3 is 2.76 bits per heavy atom. The molecule has 0 radical (unpaired) electrons. The molecule has 1 fully saturated rings. The number of likely N-dealkylation sites (N-methyl/N-ethyl adjacent to an activating group) is 1. The summed E-state index contributed by atoms with van der Waals surface area (Å²) >= 11 is 0. The third kappa shape index (κ3) is 3.31. The second-order valence-corrected chi connectivity index (χ2v) is 4.96. The first-order valence-electron chi connectivity index (χ1n) is 6.64. The van der Waals surface area contributed by atoms with Crippen LogP contribution >= 0.6 is 0 Å². The Bertz CT molecular complexity index is 585. The highest BCUT2D eigenvalue weighted by molar-refractivity contribution is 6.01. The number of oxime groups is 1. The number of amides is 2. The van der Waals surface area contributed by atoms with E-state index in [1.165, 1.54) is 4.90 Å². The molecule has 0 unspecified atom stereocenters. The van der Waals surface area contributed by atoms with Gasteiger partial charge in [-0.05, 0) is 18.6 Å². The van der Waals surface area contributed by atoms with Crippen LogP contribution in [0.25, 0.3) is 0 Å². The van der Waals surface area contributed by atoms with Crippen molar-refractivity contribution in [3.63, 3.8) is 0 Å². The van der Waals surface area contributed by atoms with E-state index in [4.69, 9.17) is 10.9 Å². The van der Waals surface area contributed by atoms with E-state index in [2.05, 4.69) is 5.16 Å². The van der Waals surface area contributed by atoms with Crippen LogP contribution in [0.3, 0.4) is 0 Å². The monoisotopic (exact) mass is 290 g/mol. The molecule has 0 atom stereocenters. The molecule has 2 amide bonds. The maximum absolute atomic E-state index is 12.5. The van der Waals surface area contributed by atoms with E-state index in [1.807, 2.05) is 0 Å². The molecular formula is C14H18N4O3. The van der Waals surface area contributed by atoms with Gasteiger partial charge in [0.05, 0.1) is 0 Å². The molecule has 1 aromatic rings. The van der Waals surface area contributed by atoms with Gasteiger partial charge in [-0.3, -0.25) is 9.59 Å². The SMILES string of the molecule is CN1CCCN(C(=O)c2cccc(/C(N)=N/O)c2)CC1=O. The Balaban J connectivity index is 2.21. The number of carbonyl (C=O) groups is 2. The second kappa shape index (κ2) is 6.25. The second-order valence-electron chi connectivity index (χ2n) is 4.96. The van der Waals surface area contributed by atoms with Crippen LogP contribution in [-0.4, -0.2) is 59.3 Å². The number of benzene rings is 1. The van der Waals surface area contributed by atoms with Crippen LogP contribution in [0.2, 0.25) is 0 Å². The van der Waals surface area contributed by atoms with E-state index < -0.39 is 0 Å². The van der Waals surface area contributed by atoms with Crippen molar-refractivity contribution >= 4 is 17.6 Å². The summed E-state index contributed by atoms with van der Waals surface area (Å²) in [5, 5.41) is 11.6. The Hall–Kier alpha value is -2.57. The first-order chi connectivity index (χ1) is 10.0. The Kier molecular flexibility index (Phi) is 4.42. The highest BCUT2D eigenvalue weighted by Crippen LogP contribution is 2.11. The number of nitrogens with zero attached hydrogens (tertiary/aromatic N) is 3. The lowest BCUT2D eigenvalue weighted by Crippen LogP contribution is -2.38. The Labute approximate surface area is 122 Å². The van der Waals surface area contributed by atoms with Gasteiger partial charge in [0, 0.05) is 31.3 Å². The van der Waals surface area contributed by atoms with Gasteiger partial charge in [-0.1, -0.05) is 17.3 Å². The van der Waals surface area contributed by atoms with Crippen LogP contribution < -0.4 is 5.73 Å². The number of hydrogen-bond donors (Lipinski definition) is 2. The average Bonchev–Trinajstić information content (AvgIpc) is 2.67. The van der Waals surface area contributed by atoms with Crippen LogP contribution in [0.5, 0.6) is 0 Å². The lowest BCUT2D eigenvalue weighted by molar-refractivity contribution is -0.129. The largest absolute Gasteiger partial charge is 0.409 e. The van der Waals surface area contributed by atoms with Crippen molar-refractivity contribution in [2.75, 3.05) is 26.7 Å². The lowest BCUT2D eigenvalue weighted by atomic mass is 10.1. The zero-order valence-corrected chi connectivity index (χ0v) is 11.8. The Morgan fingerprint density at radius 2 is 2.05 bits per heavy atom. The van der Waals surface area contributed by atoms with Crippen molar-refractivity contribution < 1.29 is 14.8 Å². The molecule has 112 valence electrons. The number of hydrogen-bond acceptors (Lipinski definition) is 4. The number of nitrogens with two attached hydrogens (primary N) is 1. The number of amidine groups is 1. The van der Waals surface area contributed by atoms with E-state index in [0.29, 0.717) is 24.2 Å². The highest BCUT2D eigenvalue weighted by Gasteiger charge is 2.23. The van der Waals surface area contributed by atoms with Crippen molar-refractivity contribution in [1.82, 2.24) is 9.80 Å². The van der Waals surface area contributed by atoms with Crippen molar-refractivity contribution in [2.45, 2.75) is 6.42 Å². The van der Waals surface area contributed by atoms with Crippen molar-refractivity contribution in [1.29, 1.82) is 0 Å². The first-order valence-corrected chi connectivity index (χ1v) is 6.64. The summed E-state index contributed by atoms with van der Waals surface area (Å²) in [6.07, 6.45) is 0.744. The standard InChI is InChI=1S/C14H18N4O3/c1-17-6-3-7-18(9-12(17)19)14(20)11-5-2-4-10(8-11)13(15)16-21/h2,4-5,8,21H,3,6-7,9H2,1H3,(H2,15,16). The minimum absolute atomic E-state index is 0.0590. The molecule has 3 N–H and O–H groups in total. The van der Waals surface area contributed by atoms with Gasteiger partial charge in [-0.2, -0.15) is 0 Å². The fourth-order valence-corrected chi connectivity index (χ4v) is 2.21. The predicted molar refractivity (Wildman–Crippen MR) is 77.1 cm³/mol. The Morgan fingerprint density at radius 1 is 1.33 bits per heavy atom. The summed E-state index contributed by atoms with van der Waals surface area (Å²) in [6, 6.07) is 6.51. The summed E-state index contributed by atoms with van der Waals surface area (Å²) < 4.78 is 0. The molecule has 0 saturated carbocycles. The number of carbonyl (C=O) groups excluding carboxylic acids is 2. The highest BCUT2D eigenvalue weighted by atomic mass is 16.4. The van der Waals surface area contributed by atoms with Crippen LogP contribution in [0, 0.1) is 0 Å². The van der Waals surface area contributed by atoms with E-state index in [9.17, 15) is 9.59 Å². The third-order valence-electron chi connectivity index (χ3n) is 3.47. The summed E-state index contributed by atoms with van der Waals surface area (Å²) in [6.45, 7) is 1.25. The van der Waals surface area contributed by atoms with Gasteiger partial charge in [0.1, 0.15) is 6.54 Å². The maximum atomic E-state index is 12.5. The summed E-state index contributed by atoms with van der Waals surface area (Å²) in [7, 11) is 1.73. The zero-order chi connectivity index (χ0) is 15.4. The van der Waals surface area contributed by atoms with Gasteiger partial charge >= 0.3 is 0 Å². The molecule has 0 aromatic heterocycles. The smallest absolute Gasteiger partial charge is 0.254 e. The van der Waals surface area contributed by atoms with E-state index in [1.54, 1.807) is 36.2 Å². The quantitative estimate of drug-likeness (QED) is 0.349. The number of rotatable bonds is 2. The molecule has 2 rings (SSSR count). The zero-order valence-electron chi connectivity index (χ0n) is 11.8. The molecule has 0 bridgehead atoms. The minimum Gasteiger partial charge on any atom is -0.409 e. The van der Waals surface area contributed by atoms with Gasteiger partial charge < -0.3 is 20.7 Å². The molecule has 7 heteroatoms. The normalized spacial score (nSPS) is 16.8. The summed E-state index contributed by atoms with van der Waals surface area (Å²) in [4.78, 5) is 27.5. The van der Waals surface area contributed by atoms with Crippen molar-refractivity contribution in [2.24, 2.45) is 10.9 Å². The fourth-order valence-electron chi connectivity index (χ4n) is 2.21. The molecule has 1 saturated heterocycles. The van der Waals surface area contributed by atoms with Crippen LogP contribution in [0.4, 0.5) is 0 Å². The van der Waals surface area contributed by atoms with Gasteiger partial charge in [-0.15, -0.1) is 0 Å². The molecule has 0 aliphatic carbocycles. The molecule has 1 aliphatic rings. The van der Waals surface area contributed by atoms with Crippen LogP contribution in [-0.2, 0) is 4.79 Å². The molecule has 1 aromatic carbocycles. The molecule has 21 heavy (non-hydrogen) atoms. The van der Waals surface area contributed by atoms with E-state index in [-0.39, 0.29) is 24.2 Å². The fraction of sp³-hybridized carbons (Fsp3) is 0.357. The van der Waals surface area contributed by atoms with Gasteiger partial charge in [0.25, 0.3) is 5.91 Å². The lowest BCUT2D eigenvalue weighted by Gasteiger charge is -2.20. The summed E-state index contributed by atoms with van der Waals surface area (Å²) in [5.41, 5.74) is 6.39. The maximum Gasteiger partial charge on any atom is 0.254 e.